The molecule has 2 aromatic heterocycles. The number of carbonyl (C=O) groups excluding carboxylic acids is 1. The molecule has 25 heavy (non-hydrogen) atoms. The van der Waals surface area contributed by atoms with Gasteiger partial charge in [0.1, 0.15) is 10.5 Å². The van der Waals surface area contributed by atoms with E-state index in [9.17, 15) is 9.59 Å². The predicted octanol–water partition coefficient (Wildman–Crippen LogP) is 3.02. The second-order valence-corrected chi connectivity index (χ2v) is 6.97. The number of nitrogens with zero attached hydrogens (tertiary/aromatic N) is 2. The molecule has 130 valence electrons. The molecule has 0 bridgehead atoms. The highest BCUT2D eigenvalue weighted by Gasteiger charge is 2.12. The maximum Gasteiger partial charge on any atom is 0.317 e. The molecule has 0 spiro atoms. The third-order valence-electron chi connectivity index (χ3n) is 3.68. The number of halogens is 1. The van der Waals surface area contributed by atoms with Gasteiger partial charge >= 0.3 is 6.03 Å². The van der Waals surface area contributed by atoms with Crippen LogP contribution in [0.5, 0.6) is 0 Å². The van der Waals surface area contributed by atoms with Crippen molar-refractivity contribution in [1.29, 1.82) is 0 Å². The molecule has 2 amide bonds. The zero-order valence-corrected chi connectivity index (χ0v) is 15.2. The molecule has 0 unspecified atom stereocenters. The first-order chi connectivity index (χ1) is 12.0. The highest BCUT2D eigenvalue weighted by atomic mass is 35.5. The normalized spacial score (nSPS) is 10.8. The topological polar surface area (TPSA) is 78.1 Å². The van der Waals surface area contributed by atoms with Crippen molar-refractivity contribution in [3.8, 4) is 0 Å². The molecule has 0 aliphatic carbocycles. The number of hydrogen-bond acceptors (Lipinski definition) is 4. The molecule has 2 heterocycles. The second-order valence-electron chi connectivity index (χ2n) is 5.62. The lowest BCUT2D eigenvalue weighted by molar-refractivity contribution is 0.206. The van der Waals surface area contributed by atoms with Crippen LogP contribution in [-0.2, 0) is 13.0 Å². The molecule has 1 aromatic carbocycles. The molecule has 6 nitrogen and oxygen atoms in total. The number of carbonyl (C=O) groups is 1. The average molecular weight is 377 g/mol. The number of H-pyrrole nitrogens is 1. The van der Waals surface area contributed by atoms with Crippen LogP contribution in [0.15, 0.2) is 40.5 Å². The summed E-state index contributed by atoms with van der Waals surface area (Å²) in [6.45, 7) is 0.723. The first-order valence-corrected chi connectivity index (χ1v) is 8.98. The Morgan fingerprint density at radius 2 is 2.24 bits per heavy atom. The number of fused-ring (bicyclic) bond motifs is 1. The molecule has 8 heteroatoms. The Morgan fingerprint density at radius 1 is 1.40 bits per heavy atom. The van der Waals surface area contributed by atoms with Gasteiger partial charge in [0, 0.05) is 18.6 Å². The summed E-state index contributed by atoms with van der Waals surface area (Å²) in [5.74, 6) is 0.461. The maximum absolute atomic E-state index is 12.2. The van der Waals surface area contributed by atoms with Crippen molar-refractivity contribution in [2.45, 2.75) is 13.0 Å². The number of aromatic nitrogens is 2. The summed E-state index contributed by atoms with van der Waals surface area (Å²) in [5.41, 5.74) is 1.53. The summed E-state index contributed by atoms with van der Waals surface area (Å²) in [5, 5.41) is 5.35. The predicted molar refractivity (Wildman–Crippen MR) is 100 cm³/mol. The number of amides is 2. The first-order valence-electron chi connectivity index (χ1n) is 7.73. The average Bonchev–Trinajstić information content (AvgIpc) is 3.04. The van der Waals surface area contributed by atoms with Crippen LogP contribution in [0.25, 0.3) is 10.2 Å². The fourth-order valence-corrected chi connectivity index (χ4v) is 3.37. The smallest absolute Gasteiger partial charge is 0.317 e. The Morgan fingerprint density at radius 3 is 3.04 bits per heavy atom. The number of aromatic amines is 1. The minimum atomic E-state index is -0.227. The number of rotatable bonds is 5. The Labute approximate surface area is 153 Å². The van der Waals surface area contributed by atoms with E-state index in [0.717, 1.165) is 5.56 Å². The molecule has 0 aliphatic heterocycles. The first kappa shape index (κ1) is 17.4. The van der Waals surface area contributed by atoms with Gasteiger partial charge in [-0.05, 0) is 35.6 Å². The van der Waals surface area contributed by atoms with Gasteiger partial charge in [0.25, 0.3) is 5.56 Å². The molecule has 0 fully saturated rings. The Balaban J connectivity index is 1.55. The lowest BCUT2D eigenvalue weighted by atomic mass is 10.1. The van der Waals surface area contributed by atoms with Crippen LogP contribution in [0.4, 0.5) is 4.79 Å². The van der Waals surface area contributed by atoms with Crippen LogP contribution in [0.2, 0.25) is 5.02 Å². The van der Waals surface area contributed by atoms with Crippen molar-refractivity contribution in [2.24, 2.45) is 0 Å². The van der Waals surface area contributed by atoms with E-state index < -0.39 is 0 Å². The molecular formula is C17H17ClN4O2S. The minimum Gasteiger partial charge on any atom is -0.338 e. The van der Waals surface area contributed by atoms with Crippen molar-refractivity contribution in [3.63, 3.8) is 0 Å². The highest BCUT2D eigenvalue weighted by Crippen LogP contribution is 2.14. The third kappa shape index (κ3) is 4.37. The molecular weight excluding hydrogens is 360 g/mol. The number of nitrogens with one attached hydrogen (secondary N) is 2. The highest BCUT2D eigenvalue weighted by molar-refractivity contribution is 7.17. The van der Waals surface area contributed by atoms with Crippen molar-refractivity contribution >= 4 is 39.2 Å². The van der Waals surface area contributed by atoms with Gasteiger partial charge in [-0.15, -0.1) is 11.3 Å². The third-order valence-corrected chi connectivity index (χ3v) is 4.81. The van der Waals surface area contributed by atoms with E-state index in [4.69, 9.17) is 11.6 Å². The fraction of sp³-hybridized carbons (Fsp3) is 0.235. The molecule has 0 atom stereocenters. The van der Waals surface area contributed by atoms with Gasteiger partial charge in [0.05, 0.1) is 12.1 Å². The van der Waals surface area contributed by atoms with E-state index in [1.807, 2.05) is 29.6 Å². The zero-order valence-electron chi connectivity index (χ0n) is 13.6. The molecule has 2 N–H and O–H groups in total. The van der Waals surface area contributed by atoms with Gasteiger partial charge in [-0.3, -0.25) is 4.79 Å². The zero-order chi connectivity index (χ0) is 17.8. The van der Waals surface area contributed by atoms with Gasteiger partial charge in [0.2, 0.25) is 0 Å². The van der Waals surface area contributed by atoms with E-state index >= 15 is 0 Å². The summed E-state index contributed by atoms with van der Waals surface area (Å²) in [4.78, 5) is 32.7. The monoisotopic (exact) mass is 376 g/mol. The van der Waals surface area contributed by atoms with Crippen LogP contribution in [0.1, 0.15) is 11.4 Å². The number of thiophene rings is 1. The second kappa shape index (κ2) is 7.67. The van der Waals surface area contributed by atoms with Crippen LogP contribution >= 0.6 is 22.9 Å². The largest absolute Gasteiger partial charge is 0.338 e. The Hall–Kier alpha value is -2.38. The van der Waals surface area contributed by atoms with Crippen LogP contribution in [-0.4, -0.2) is 34.5 Å². The lowest BCUT2D eigenvalue weighted by Crippen LogP contribution is -2.38. The molecule has 0 radical (unpaired) electrons. The molecule has 0 saturated heterocycles. The van der Waals surface area contributed by atoms with E-state index in [-0.39, 0.29) is 18.1 Å². The molecule has 3 rings (SSSR count). The van der Waals surface area contributed by atoms with Crippen LogP contribution in [0, 0.1) is 0 Å². The van der Waals surface area contributed by atoms with Crippen molar-refractivity contribution in [3.05, 3.63) is 62.5 Å². The molecule has 0 aliphatic rings. The summed E-state index contributed by atoms with van der Waals surface area (Å²) >= 11 is 7.29. The number of hydrogen-bond donors (Lipinski definition) is 2. The standard InChI is InChI=1S/C17H17ClN4O2S/c1-22(10-14-20-13-6-8-25-15(13)16(23)21-14)17(24)19-7-5-11-3-2-4-12(18)9-11/h2-4,6,8-9H,5,7,10H2,1H3,(H,19,24)(H,20,21,23). The van der Waals surface area contributed by atoms with Gasteiger partial charge < -0.3 is 15.2 Å². The van der Waals surface area contributed by atoms with E-state index in [1.165, 1.54) is 16.2 Å². The SMILES string of the molecule is CN(Cc1nc2ccsc2c(=O)[nH]1)C(=O)NCCc1cccc(Cl)c1. The van der Waals surface area contributed by atoms with Crippen LogP contribution < -0.4 is 10.9 Å². The Bertz CT molecular complexity index is 953. The van der Waals surface area contributed by atoms with E-state index in [2.05, 4.69) is 15.3 Å². The lowest BCUT2D eigenvalue weighted by Gasteiger charge is -2.17. The van der Waals surface area contributed by atoms with Gasteiger partial charge in [-0.25, -0.2) is 9.78 Å². The van der Waals surface area contributed by atoms with Crippen molar-refractivity contribution < 1.29 is 4.79 Å². The fourth-order valence-electron chi connectivity index (χ4n) is 2.43. The quantitative estimate of drug-likeness (QED) is 0.718. The van der Waals surface area contributed by atoms with E-state index in [1.54, 1.807) is 13.1 Å². The molecule has 0 saturated carbocycles. The number of benzene rings is 1. The number of urea groups is 1. The minimum absolute atomic E-state index is 0.176. The van der Waals surface area contributed by atoms with Gasteiger partial charge in [-0.1, -0.05) is 23.7 Å². The summed E-state index contributed by atoms with van der Waals surface area (Å²) in [6, 6.07) is 9.11. The van der Waals surface area contributed by atoms with Crippen LogP contribution in [0.3, 0.4) is 0 Å². The van der Waals surface area contributed by atoms with Gasteiger partial charge in [0.15, 0.2) is 0 Å². The van der Waals surface area contributed by atoms with E-state index in [0.29, 0.717) is 34.0 Å². The van der Waals surface area contributed by atoms with Crippen molar-refractivity contribution in [1.82, 2.24) is 20.2 Å². The maximum atomic E-state index is 12.2. The summed E-state index contributed by atoms with van der Waals surface area (Å²) < 4.78 is 0.595. The Kier molecular flexibility index (Phi) is 5.35. The van der Waals surface area contributed by atoms with Gasteiger partial charge in [-0.2, -0.15) is 0 Å². The van der Waals surface area contributed by atoms with Crippen molar-refractivity contribution in [2.75, 3.05) is 13.6 Å². The molecule has 3 aromatic rings. The summed E-state index contributed by atoms with van der Waals surface area (Å²) in [7, 11) is 1.66. The summed E-state index contributed by atoms with van der Waals surface area (Å²) in [6.07, 6.45) is 0.691.